The molecular formula is C30H37NO6. The maximum Gasteiger partial charge on any atom is 0.303 e. The first-order chi connectivity index (χ1) is 17.6. The van der Waals surface area contributed by atoms with E-state index in [0.717, 1.165) is 16.7 Å². The fraction of sp³-hybridized carbons (Fsp3) is 0.567. The number of ketones is 1. The Morgan fingerprint density at radius 1 is 1.14 bits per heavy atom. The minimum atomic E-state index is -1.28. The molecule has 4 aliphatic rings. The quantitative estimate of drug-likeness (QED) is 0.370. The van der Waals surface area contributed by atoms with Crippen molar-refractivity contribution in [3.63, 3.8) is 0 Å². The molecule has 10 atom stereocenters. The molecule has 1 aromatic carbocycles. The van der Waals surface area contributed by atoms with Crippen LogP contribution in [0.15, 0.2) is 53.6 Å². The van der Waals surface area contributed by atoms with Crippen molar-refractivity contribution in [1.29, 1.82) is 0 Å². The third-order valence-corrected chi connectivity index (χ3v) is 9.23. The van der Waals surface area contributed by atoms with Gasteiger partial charge in [0.1, 0.15) is 23.4 Å². The van der Waals surface area contributed by atoms with Crippen LogP contribution in [0.5, 0.6) is 0 Å². The lowest BCUT2D eigenvalue weighted by Gasteiger charge is -2.50. The Morgan fingerprint density at radius 2 is 1.84 bits per heavy atom. The number of ether oxygens (including phenoxy) is 2. The summed E-state index contributed by atoms with van der Waals surface area (Å²) in [6, 6.07) is 9.72. The lowest BCUT2D eigenvalue weighted by molar-refractivity contribution is -0.169. The standard InChI is InChI=1S/C30H37NO6/c1-15-10-9-13-21-25(34)17(3)16(2)23-22(14-20-11-7-6-8-12-20)31-29(35)30(21,23)28(36-19(5)32)27-26(37-27)18(4)24(15)33/h6-9,11-13,15,18,21-23,25-28,34H,10,14H2,1-5H3,(H,31,35)/b13-9+/t15-,18+,21-,22-,23-,25+,26+,27-,28+,30-/m0/s1. The Balaban J connectivity index is 1.70. The van der Waals surface area contributed by atoms with Gasteiger partial charge in [0.05, 0.1) is 12.2 Å². The number of hydrogen-bond donors (Lipinski definition) is 2. The monoisotopic (exact) mass is 507 g/mol. The number of aliphatic hydroxyl groups excluding tert-OH is 1. The first kappa shape index (κ1) is 25.9. The number of esters is 1. The smallest absolute Gasteiger partial charge is 0.303 e. The Bertz CT molecular complexity index is 1160. The molecule has 0 aromatic heterocycles. The highest BCUT2D eigenvalue weighted by Gasteiger charge is 2.72. The van der Waals surface area contributed by atoms with Gasteiger partial charge in [0, 0.05) is 36.6 Å². The molecule has 2 heterocycles. The van der Waals surface area contributed by atoms with E-state index in [1.165, 1.54) is 6.92 Å². The second-order valence-corrected chi connectivity index (χ2v) is 11.4. The van der Waals surface area contributed by atoms with Crippen LogP contribution in [-0.4, -0.2) is 53.2 Å². The molecule has 198 valence electrons. The van der Waals surface area contributed by atoms with Crippen LogP contribution in [0.25, 0.3) is 0 Å². The summed E-state index contributed by atoms with van der Waals surface area (Å²) in [5, 5.41) is 14.9. The van der Waals surface area contributed by atoms with E-state index < -0.39 is 47.6 Å². The molecule has 7 heteroatoms. The maximum absolute atomic E-state index is 14.3. The van der Waals surface area contributed by atoms with Crippen molar-refractivity contribution in [2.45, 2.75) is 77.9 Å². The van der Waals surface area contributed by atoms with Gasteiger partial charge in [-0.1, -0.05) is 61.9 Å². The summed E-state index contributed by atoms with van der Waals surface area (Å²) in [4.78, 5) is 39.9. The molecule has 0 unspecified atom stereocenters. The van der Waals surface area contributed by atoms with Gasteiger partial charge >= 0.3 is 5.97 Å². The minimum Gasteiger partial charge on any atom is -0.458 e. The fourth-order valence-corrected chi connectivity index (χ4v) is 7.23. The topological polar surface area (TPSA) is 105 Å². The predicted molar refractivity (Wildman–Crippen MR) is 137 cm³/mol. The second kappa shape index (κ2) is 9.52. The molecule has 5 rings (SSSR count). The number of carbonyl (C=O) groups is 3. The van der Waals surface area contributed by atoms with Crippen molar-refractivity contribution in [3.05, 3.63) is 59.2 Å². The Labute approximate surface area is 218 Å². The number of allylic oxidation sites excluding steroid dienone is 1. The van der Waals surface area contributed by atoms with E-state index in [2.05, 4.69) is 5.32 Å². The van der Waals surface area contributed by atoms with Crippen LogP contribution in [0.3, 0.4) is 0 Å². The SMILES string of the molecule is CC(=O)O[C@@H]1[C@H]2O[C@@H]2[C@H](C)C(=O)[C@@H](C)C/C=C/[C@H]2[C@H](O)C(C)=C(C)[C@H]3[C@H](Cc4ccccc4)NC(=O)[C@@]123. The van der Waals surface area contributed by atoms with Crippen molar-refractivity contribution >= 4 is 17.7 Å². The molecule has 2 aliphatic carbocycles. The summed E-state index contributed by atoms with van der Waals surface area (Å²) in [6.07, 6.45) is 1.96. The van der Waals surface area contributed by atoms with Gasteiger partial charge < -0.3 is 19.9 Å². The van der Waals surface area contributed by atoms with Crippen molar-refractivity contribution in [2.75, 3.05) is 0 Å². The Morgan fingerprint density at radius 3 is 2.51 bits per heavy atom. The van der Waals surface area contributed by atoms with Crippen molar-refractivity contribution in [1.82, 2.24) is 5.32 Å². The van der Waals surface area contributed by atoms with Crippen LogP contribution >= 0.6 is 0 Å². The zero-order chi connectivity index (χ0) is 26.6. The van der Waals surface area contributed by atoms with Gasteiger partial charge in [-0.15, -0.1) is 0 Å². The van der Waals surface area contributed by atoms with E-state index in [1.54, 1.807) is 0 Å². The summed E-state index contributed by atoms with van der Waals surface area (Å²) in [5.74, 6) is -2.28. The van der Waals surface area contributed by atoms with E-state index in [4.69, 9.17) is 9.47 Å². The molecule has 1 spiro atoms. The van der Waals surface area contributed by atoms with E-state index in [1.807, 2.05) is 70.2 Å². The molecule has 1 aromatic rings. The molecule has 0 radical (unpaired) electrons. The summed E-state index contributed by atoms with van der Waals surface area (Å²) in [6.45, 7) is 8.96. The number of carbonyl (C=O) groups excluding carboxylic acids is 3. The lowest BCUT2D eigenvalue weighted by Crippen LogP contribution is -2.60. The number of Topliss-reactive ketones (excluding diaryl/α,β-unsaturated/α-hetero) is 1. The van der Waals surface area contributed by atoms with Gasteiger partial charge in [-0.2, -0.15) is 0 Å². The number of benzene rings is 1. The van der Waals surface area contributed by atoms with Crippen LogP contribution in [0, 0.1) is 29.1 Å². The highest BCUT2D eigenvalue weighted by Crippen LogP contribution is 2.59. The van der Waals surface area contributed by atoms with Crippen LogP contribution in [0.4, 0.5) is 0 Å². The van der Waals surface area contributed by atoms with Gasteiger partial charge in [-0.3, -0.25) is 14.4 Å². The average Bonchev–Trinajstić information content (AvgIpc) is 3.60. The molecule has 0 bridgehead atoms. The Hall–Kier alpha value is -2.77. The van der Waals surface area contributed by atoms with Crippen LogP contribution in [0.2, 0.25) is 0 Å². The number of hydrogen-bond acceptors (Lipinski definition) is 6. The number of nitrogens with one attached hydrogen (secondary N) is 1. The number of epoxide rings is 1. The van der Waals surface area contributed by atoms with Crippen molar-refractivity contribution in [3.8, 4) is 0 Å². The first-order valence-corrected chi connectivity index (χ1v) is 13.3. The Kier molecular flexibility index (Phi) is 6.65. The summed E-state index contributed by atoms with van der Waals surface area (Å²) < 4.78 is 12.1. The average molecular weight is 508 g/mol. The third-order valence-electron chi connectivity index (χ3n) is 9.23. The molecule has 2 saturated heterocycles. The number of amides is 1. The van der Waals surface area contributed by atoms with Gasteiger partial charge in [0.2, 0.25) is 5.91 Å². The highest BCUT2D eigenvalue weighted by atomic mass is 16.6. The molecule has 37 heavy (non-hydrogen) atoms. The zero-order valence-corrected chi connectivity index (χ0v) is 22.1. The van der Waals surface area contributed by atoms with Crippen molar-refractivity contribution in [2.24, 2.45) is 29.1 Å². The second-order valence-electron chi connectivity index (χ2n) is 11.4. The summed E-state index contributed by atoms with van der Waals surface area (Å²) >= 11 is 0. The van der Waals surface area contributed by atoms with Crippen LogP contribution in [-0.2, 0) is 30.3 Å². The predicted octanol–water partition coefficient (Wildman–Crippen LogP) is 3.16. The summed E-state index contributed by atoms with van der Waals surface area (Å²) in [5.41, 5.74) is 1.56. The number of fused-ring (bicyclic) bond motifs is 1. The fourth-order valence-electron chi connectivity index (χ4n) is 7.23. The third kappa shape index (κ3) is 4.07. The molecule has 0 saturated carbocycles. The maximum atomic E-state index is 14.3. The molecular weight excluding hydrogens is 470 g/mol. The first-order valence-electron chi connectivity index (χ1n) is 13.3. The summed E-state index contributed by atoms with van der Waals surface area (Å²) in [7, 11) is 0. The van der Waals surface area contributed by atoms with Crippen molar-refractivity contribution < 1.29 is 29.0 Å². The van der Waals surface area contributed by atoms with Crippen LogP contribution < -0.4 is 5.32 Å². The van der Waals surface area contributed by atoms with Crippen LogP contribution in [0.1, 0.15) is 46.6 Å². The molecule has 2 N–H and O–H groups in total. The zero-order valence-electron chi connectivity index (χ0n) is 22.1. The molecule has 7 nitrogen and oxygen atoms in total. The van der Waals surface area contributed by atoms with Gasteiger partial charge in [-0.05, 0) is 37.8 Å². The van der Waals surface area contributed by atoms with Gasteiger partial charge in [0.15, 0.2) is 0 Å². The molecule has 1 amide bonds. The normalized spacial score (nSPS) is 42.1. The molecule has 2 aliphatic heterocycles. The highest BCUT2D eigenvalue weighted by molar-refractivity contribution is 5.90. The molecule has 2 fully saturated rings. The number of rotatable bonds is 3. The van der Waals surface area contributed by atoms with E-state index in [-0.39, 0.29) is 29.6 Å². The van der Waals surface area contributed by atoms with E-state index >= 15 is 0 Å². The largest absolute Gasteiger partial charge is 0.458 e. The van der Waals surface area contributed by atoms with E-state index in [0.29, 0.717) is 12.8 Å². The lowest BCUT2D eigenvalue weighted by atomic mass is 9.53. The van der Waals surface area contributed by atoms with E-state index in [9.17, 15) is 19.5 Å². The van der Waals surface area contributed by atoms with Gasteiger partial charge in [0.25, 0.3) is 0 Å². The number of aliphatic hydroxyl groups is 1. The van der Waals surface area contributed by atoms with Gasteiger partial charge in [-0.25, -0.2) is 0 Å². The minimum absolute atomic E-state index is 0.0847.